The molecule has 0 saturated carbocycles. The van der Waals surface area contributed by atoms with Gasteiger partial charge in [0, 0.05) is 32.5 Å². The monoisotopic (exact) mass is 500 g/mol. The lowest BCUT2D eigenvalue weighted by atomic mass is 9.49. The number of nitrogens with zero attached hydrogens (tertiary/aromatic N) is 1. The van der Waals surface area contributed by atoms with Crippen molar-refractivity contribution in [2.24, 2.45) is 0 Å². The Labute approximate surface area is 181 Å². The molecule has 4 aliphatic rings. The summed E-state index contributed by atoms with van der Waals surface area (Å²) in [5.74, 6) is 0.759. The number of aromatic nitrogens is 1. The zero-order valence-electron chi connectivity index (χ0n) is 16.0. The van der Waals surface area contributed by atoms with Gasteiger partial charge in [0.05, 0.1) is 16.7 Å². The van der Waals surface area contributed by atoms with Crippen molar-refractivity contribution in [3.8, 4) is 11.5 Å². The third-order valence-corrected chi connectivity index (χ3v) is 8.76. The maximum absolute atomic E-state index is 12.4. The van der Waals surface area contributed by atoms with Gasteiger partial charge in [0.2, 0.25) is 0 Å². The molecule has 2 aliphatic carbocycles. The normalized spacial score (nSPS) is 34.0. The van der Waals surface area contributed by atoms with Gasteiger partial charge in [0.25, 0.3) is 0 Å². The van der Waals surface area contributed by atoms with Gasteiger partial charge in [0.15, 0.2) is 17.6 Å². The average Bonchev–Trinajstić information content (AvgIpc) is 3.21. The number of H-pyrrole nitrogens is 1. The first-order valence-electron chi connectivity index (χ1n) is 10.2. The molecule has 1 aromatic heterocycles. The van der Waals surface area contributed by atoms with Crippen molar-refractivity contribution in [2.75, 3.05) is 13.6 Å². The molecule has 6 heteroatoms. The highest BCUT2D eigenvalue weighted by Gasteiger charge is 2.72. The Morgan fingerprint density at radius 2 is 2.14 bits per heavy atom. The van der Waals surface area contributed by atoms with Crippen LogP contribution in [0, 0.1) is 3.57 Å². The molecule has 0 unspecified atom stereocenters. The van der Waals surface area contributed by atoms with E-state index in [2.05, 4.69) is 57.7 Å². The molecule has 2 aromatic carbocycles. The molecule has 1 saturated heterocycles. The van der Waals surface area contributed by atoms with Crippen LogP contribution in [0.5, 0.6) is 11.5 Å². The second-order valence-corrected chi connectivity index (χ2v) is 10.4. The first-order valence-corrected chi connectivity index (χ1v) is 11.3. The summed E-state index contributed by atoms with van der Waals surface area (Å²) in [6.07, 6.45) is 1.89. The van der Waals surface area contributed by atoms with E-state index in [1.165, 1.54) is 14.5 Å². The second-order valence-electron chi connectivity index (χ2n) is 9.18. The zero-order valence-corrected chi connectivity index (χ0v) is 18.2. The van der Waals surface area contributed by atoms with Crippen LogP contribution in [0.4, 0.5) is 0 Å². The minimum absolute atomic E-state index is 0.0335. The lowest BCUT2D eigenvalue weighted by Crippen LogP contribution is -2.73. The summed E-state index contributed by atoms with van der Waals surface area (Å²) in [5.41, 5.74) is 4.12. The molecule has 2 aliphatic heterocycles. The molecule has 1 fully saturated rings. The van der Waals surface area contributed by atoms with E-state index in [-0.39, 0.29) is 17.9 Å². The highest BCUT2D eigenvalue weighted by molar-refractivity contribution is 14.1. The number of aromatic hydroxyl groups is 1. The van der Waals surface area contributed by atoms with Crippen molar-refractivity contribution in [2.45, 2.75) is 42.4 Å². The second kappa shape index (κ2) is 5.10. The molecule has 148 valence electrons. The maximum Gasteiger partial charge on any atom is 0.166 e. The first-order chi connectivity index (χ1) is 13.9. The van der Waals surface area contributed by atoms with Gasteiger partial charge in [-0.3, -0.25) is 0 Å². The quantitative estimate of drug-likeness (QED) is 0.414. The lowest BCUT2D eigenvalue weighted by molar-refractivity contribution is -0.167. The number of hydrogen-bond donors (Lipinski definition) is 3. The van der Waals surface area contributed by atoms with Gasteiger partial charge < -0.3 is 24.8 Å². The minimum Gasteiger partial charge on any atom is -0.504 e. The molecule has 5 nitrogen and oxygen atoms in total. The van der Waals surface area contributed by atoms with E-state index in [4.69, 9.17) is 4.74 Å². The van der Waals surface area contributed by atoms with Gasteiger partial charge in [-0.2, -0.15) is 0 Å². The number of halogens is 1. The fraction of sp³-hybridized carbons (Fsp3) is 0.391. The number of rotatable bonds is 0. The Morgan fingerprint density at radius 1 is 1.28 bits per heavy atom. The van der Waals surface area contributed by atoms with E-state index >= 15 is 0 Å². The molecular formula is C23H21IN2O3. The van der Waals surface area contributed by atoms with Crippen LogP contribution in [0.3, 0.4) is 0 Å². The number of aromatic amines is 1. The van der Waals surface area contributed by atoms with Crippen LogP contribution < -0.4 is 4.74 Å². The van der Waals surface area contributed by atoms with E-state index < -0.39 is 11.0 Å². The summed E-state index contributed by atoms with van der Waals surface area (Å²) in [4.78, 5) is 5.94. The van der Waals surface area contributed by atoms with E-state index in [9.17, 15) is 10.2 Å². The van der Waals surface area contributed by atoms with Gasteiger partial charge in [-0.05, 0) is 84.4 Å². The number of likely N-dealkylation sites (tertiary alicyclic amines) is 1. The molecule has 0 radical (unpaired) electrons. The highest BCUT2D eigenvalue weighted by Crippen LogP contribution is 2.68. The summed E-state index contributed by atoms with van der Waals surface area (Å²) in [6, 6.07) is 10.2. The summed E-state index contributed by atoms with van der Waals surface area (Å²) in [7, 11) is 2.13. The number of nitrogens with one attached hydrogen (secondary N) is 1. The molecule has 3 heterocycles. The fourth-order valence-corrected chi connectivity index (χ4v) is 7.36. The summed E-state index contributed by atoms with van der Waals surface area (Å²) < 4.78 is 7.72. The molecule has 0 amide bonds. The largest absolute Gasteiger partial charge is 0.504 e. The summed E-state index contributed by atoms with van der Waals surface area (Å²) in [5, 5.41) is 24.3. The molecule has 29 heavy (non-hydrogen) atoms. The van der Waals surface area contributed by atoms with Gasteiger partial charge in [-0.1, -0.05) is 6.07 Å². The summed E-state index contributed by atoms with van der Waals surface area (Å²) in [6.45, 7) is 0.912. The van der Waals surface area contributed by atoms with E-state index in [1.807, 2.05) is 6.07 Å². The van der Waals surface area contributed by atoms with Gasteiger partial charge >= 0.3 is 0 Å². The topological polar surface area (TPSA) is 68.7 Å². The van der Waals surface area contributed by atoms with E-state index in [0.29, 0.717) is 12.2 Å². The number of aliphatic hydroxyl groups is 1. The van der Waals surface area contributed by atoms with Crippen LogP contribution in [0.25, 0.3) is 10.9 Å². The fourth-order valence-electron chi connectivity index (χ4n) is 6.87. The van der Waals surface area contributed by atoms with Crippen molar-refractivity contribution in [1.29, 1.82) is 0 Å². The van der Waals surface area contributed by atoms with Crippen LogP contribution >= 0.6 is 22.6 Å². The Morgan fingerprint density at radius 3 is 3.00 bits per heavy atom. The van der Waals surface area contributed by atoms with Crippen molar-refractivity contribution in [3.63, 3.8) is 0 Å². The number of piperidine rings is 1. The van der Waals surface area contributed by atoms with Gasteiger partial charge in [-0.25, -0.2) is 0 Å². The Hall–Kier alpha value is -1.77. The third-order valence-electron chi connectivity index (χ3n) is 8.09. The van der Waals surface area contributed by atoms with Gasteiger partial charge in [0.1, 0.15) is 0 Å². The van der Waals surface area contributed by atoms with Crippen LogP contribution in [-0.2, 0) is 18.3 Å². The SMILES string of the molecule is CN1CC[C@]23c4c5ccc(O)c4O[C@H]2c2[nH]c4ccc(I)cc4c2C[C@@]3(O)[C@H]1C5. The molecule has 1 spiro atoms. The minimum atomic E-state index is -0.930. The average molecular weight is 500 g/mol. The van der Waals surface area contributed by atoms with Crippen molar-refractivity contribution in [1.82, 2.24) is 9.88 Å². The smallest absolute Gasteiger partial charge is 0.166 e. The number of likely N-dealkylation sites (N-methyl/N-ethyl adjacent to an activating group) is 1. The Kier molecular flexibility index (Phi) is 2.98. The predicted molar refractivity (Wildman–Crippen MR) is 118 cm³/mol. The lowest BCUT2D eigenvalue weighted by Gasteiger charge is -2.62. The van der Waals surface area contributed by atoms with Crippen molar-refractivity contribution in [3.05, 3.63) is 56.3 Å². The number of fused-ring (bicyclic) bond motifs is 4. The van der Waals surface area contributed by atoms with Crippen LogP contribution in [0.15, 0.2) is 30.3 Å². The number of hydrogen-bond acceptors (Lipinski definition) is 4. The number of phenols is 1. The van der Waals surface area contributed by atoms with Gasteiger partial charge in [-0.15, -0.1) is 0 Å². The standard InChI is InChI=1S/C23H21IN2O3/c1-26-7-6-22-18-11-2-5-16(27)20(18)29-21(22)19-14(10-23(22,28)17(26)8-11)13-9-12(24)3-4-15(13)25-19/h2-5,9,17,21,25,27-28H,6-8,10H2,1H3/t17-,21+,22+,23-/m1/s1. The molecule has 4 atom stereocenters. The highest BCUT2D eigenvalue weighted by atomic mass is 127. The molecule has 7 rings (SSSR count). The van der Waals surface area contributed by atoms with Crippen LogP contribution in [-0.4, -0.2) is 45.3 Å². The van der Waals surface area contributed by atoms with Crippen LogP contribution in [0.2, 0.25) is 0 Å². The number of benzene rings is 2. The third kappa shape index (κ3) is 1.73. The Bertz CT molecular complexity index is 1240. The number of phenolic OH excluding ortho intramolecular Hbond substituents is 1. The predicted octanol–water partition coefficient (Wildman–Crippen LogP) is 3.40. The van der Waals surface area contributed by atoms with E-state index in [1.54, 1.807) is 6.07 Å². The zero-order chi connectivity index (χ0) is 19.7. The molecule has 2 bridgehead atoms. The number of ether oxygens (including phenoxy) is 1. The van der Waals surface area contributed by atoms with Crippen molar-refractivity contribution < 1.29 is 14.9 Å². The Balaban J connectivity index is 1.60. The van der Waals surface area contributed by atoms with Crippen molar-refractivity contribution >= 4 is 33.5 Å². The summed E-state index contributed by atoms with van der Waals surface area (Å²) >= 11 is 2.34. The molecular weight excluding hydrogens is 479 g/mol. The maximum atomic E-state index is 12.4. The molecule has 3 N–H and O–H groups in total. The van der Waals surface area contributed by atoms with E-state index in [0.717, 1.165) is 41.7 Å². The van der Waals surface area contributed by atoms with Crippen LogP contribution in [0.1, 0.15) is 34.9 Å². The first kappa shape index (κ1) is 17.0. The molecule has 3 aromatic rings.